The van der Waals surface area contributed by atoms with Gasteiger partial charge in [-0.15, -0.1) is 6.58 Å². The molecule has 0 aromatic heterocycles. The average molecular weight is 257 g/mol. The first-order valence-corrected chi connectivity index (χ1v) is 6.21. The minimum Gasteiger partial charge on any atom is -0.103 e. The van der Waals surface area contributed by atoms with E-state index < -0.39 is 0 Å². The smallest absolute Gasteiger partial charge is 0.0247 e. The average Bonchev–Trinajstić information content (AvgIpc) is 2.13. The van der Waals surface area contributed by atoms with Crippen LogP contribution in [0.25, 0.3) is 0 Å². The summed E-state index contributed by atoms with van der Waals surface area (Å²) in [5, 5.41) is 0.972. The first-order valence-electron chi connectivity index (χ1n) is 5.09. The van der Waals surface area contributed by atoms with Gasteiger partial charge in [0.1, 0.15) is 0 Å². The van der Waals surface area contributed by atoms with Crippen molar-refractivity contribution >= 4 is 15.9 Å². The normalized spacial score (nSPS) is 12.0. The Bertz CT molecular complexity index is 230. The van der Waals surface area contributed by atoms with E-state index in [1.165, 1.54) is 23.1 Å². The van der Waals surface area contributed by atoms with E-state index in [0.717, 1.165) is 18.2 Å². The molecule has 0 nitrogen and oxygen atoms in total. The number of hydrogen-bond donors (Lipinski definition) is 0. The van der Waals surface area contributed by atoms with Gasteiger partial charge in [-0.3, -0.25) is 0 Å². The van der Waals surface area contributed by atoms with Gasteiger partial charge in [-0.2, -0.15) is 0 Å². The van der Waals surface area contributed by atoms with Gasteiger partial charge in [0, 0.05) is 5.33 Å². The van der Waals surface area contributed by atoms with Crippen LogP contribution in [0.1, 0.15) is 40.0 Å². The lowest BCUT2D eigenvalue weighted by molar-refractivity contribution is 0.936. The highest BCUT2D eigenvalue weighted by atomic mass is 79.9. The van der Waals surface area contributed by atoms with Gasteiger partial charge in [0.15, 0.2) is 0 Å². The van der Waals surface area contributed by atoms with Gasteiger partial charge in [-0.25, -0.2) is 0 Å². The van der Waals surface area contributed by atoms with Crippen molar-refractivity contribution in [3.05, 3.63) is 35.5 Å². The lowest BCUT2D eigenvalue weighted by Crippen LogP contribution is -1.89. The number of alkyl halides is 1. The van der Waals surface area contributed by atoms with Crippen LogP contribution < -0.4 is 0 Å². The fourth-order valence-corrected chi connectivity index (χ4v) is 1.98. The summed E-state index contributed by atoms with van der Waals surface area (Å²) in [4.78, 5) is 0. The second-order valence-electron chi connectivity index (χ2n) is 3.83. The van der Waals surface area contributed by atoms with Crippen molar-refractivity contribution in [2.45, 2.75) is 40.0 Å². The summed E-state index contributed by atoms with van der Waals surface area (Å²) < 4.78 is 0. The summed E-state index contributed by atoms with van der Waals surface area (Å²) in [5.74, 6) is 0. The summed E-state index contributed by atoms with van der Waals surface area (Å²) in [6, 6.07) is 0. The van der Waals surface area contributed by atoms with Gasteiger partial charge < -0.3 is 0 Å². The molecule has 1 heteroatoms. The fourth-order valence-electron chi connectivity index (χ4n) is 1.27. The molecule has 80 valence electrons. The zero-order chi connectivity index (χ0) is 11.0. The molecule has 0 aromatic rings. The highest BCUT2D eigenvalue weighted by Crippen LogP contribution is 2.17. The van der Waals surface area contributed by atoms with Gasteiger partial charge in [0.25, 0.3) is 0 Å². The zero-order valence-corrected chi connectivity index (χ0v) is 11.2. The molecule has 14 heavy (non-hydrogen) atoms. The molecule has 0 rings (SSSR count). The minimum atomic E-state index is 0.972. The summed E-state index contributed by atoms with van der Waals surface area (Å²) >= 11 is 3.52. The Morgan fingerprint density at radius 1 is 1.29 bits per heavy atom. The molecule has 0 heterocycles. The van der Waals surface area contributed by atoms with Crippen LogP contribution in [0.4, 0.5) is 0 Å². The maximum atomic E-state index is 3.77. The summed E-state index contributed by atoms with van der Waals surface area (Å²) in [6.07, 6.45) is 7.60. The molecule has 0 bridgehead atoms. The number of allylic oxidation sites excluding steroid dienone is 5. The van der Waals surface area contributed by atoms with E-state index in [2.05, 4.69) is 49.4 Å². The van der Waals surface area contributed by atoms with Crippen LogP contribution in [0, 0.1) is 0 Å². The topological polar surface area (TPSA) is 0 Å². The van der Waals surface area contributed by atoms with Crippen molar-refractivity contribution < 1.29 is 0 Å². The molecule has 0 saturated heterocycles. The Morgan fingerprint density at radius 3 is 2.36 bits per heavy atom. The van der Waals surface area contributed by atoms with Crippen molar-refractivity contribution in [2.75, 3.05) is 5.33 Å². The second-order valence-corrected chi connectivity index (χ2v) is 4.39. The predicted molar refractivity (Wildman–Crippen MR) is 70.0 cm³/mol. The number of hydrogen-bond acceptors (Lipinski definition) is 0. The predicted octanol–water partition coefficient (Wildman–Crippen LogP) is 5.02. The van der Waals surface area contributed by atoms with Crippen molar-refractivity contribution in [1.82, 2.24) is 0 Å². The molecule has 0 amide bonds. The third-order valence-electron chi connectivity index (χ3n) is 2.23. The maximum absolute atomic E-state index is 3.77. The molecular formula is C13H21Br. The summed E-state index contributed by atoms with van der Waals surface area (Å²) in [5.41, 5.74) is 4.38. The first kappa shape index (κ1) is 13.7. The third-order valence-corrected chi connectivity index (χ3v) is 2.90. The van der Waals surface area contributed by atoms with Crippen LogP contribution in [0.5, 0.6) is 0 Å². The van der Waals surface area contributed by atoms with Gasteiger partial charge in [0.05, 0.1) is 0 Å². The van der Waals surface area contributed by atoms with Gasteiger partial charge >= 0.3 is 0 Å². The van der Waals surface area contributed by atoms with Gasteiger partial charge in [-0.1, -0.05) is 44.8 Å². The summed E-state index contributed by atoms with van der Waals surface area (Å²) in [7, 11) is 0. The van der Waals surface area contributed by atoms with Crippen LogP contribution in [-0.2, 0) is 0 Å². The highest BCUT2D eigenvalue weighted by molar-refractivity contribution is 9.09. The Morgan fingerprint density at radius 2 is 1.93 bits per heavy atom. The molecule has 0 aliphatic heterocycles. The van der Waals surface area contributed by atoms with Gasteiger partial charge in [-0.05, 0) is 40.0 Å². The molecule has 0 N–H and O–H groups in total. The lowest BCUT2D eigenvalue weighted by atomic mass is 10.0. The zero-order valence-electron chi connectivity index (χ0n) is 9.57. The first-order chi connectivity index (χ1) is 6.61. The second kappa shape index (κ2) is 8.05. The third kappa shape index (κ3) is 6.20. The van der Waals surface area contributed by atoms with Crippen molar-refractivity contribution in [3.8, 4) is 0 Å². The molecular weight excluding hydrogens is 236 g/mol. The molecule has 0 aliphatic carbocycles. The lowest BCUT2D eigenvalue weighted by Gasteiger charge is -2.06. The number of rotatable bonds is 6. The Hall–Kier alpha value is -0.300. The number of halogens is 1. The Balaban J connectivity index is 4.18. The maximum Gasteiger partial charge on any atom is 0.0247 e. The van der Waals surface area contributed by atoms with Crippen molar-refractivity contribution in [3.63, 3.8) is 0 Å². The van der Waals surface area contributed by atoms with Crippen LogP contribution >= 0.6 is 15.9 Å². The molecule has 0 aromatic carbocycles. The Kier molecular flexibility index (Phi) is 7.87. The van der Waals surface area contributed by atoms with Gasteiger partial charge in [0.2, 0.25) is 0 Å². The van der Waals surface area contributed by atoms with Crippen LogP contribution in [0.2, 0.25) is 0 Å². The molecule has 0 atom stereocenters. The molecule has 0 aliphatic rings. The standard InChI is InChI=1S/C13H21Br/c1-5-7-13(10-14)12(4)9-6-8-11(2)3/h5,8H,1,6-7,9-10H2,2-4H3/b13-12+. The summed E-state index contributed by atoms with van der Waals surface area (Å²) in [6.45, 7) is 10.3. The van der Waals surface area contributed by atoms with E-state index in [4.69, 9.17) is 0 Å². The Labute approximate surface area is 96.9 Å². The monoisotopic (exact) mass is 256 g/mol. The van der Waals surface area contributed by atoms with Crippen molar-refractivity contribution in [1.29, 1.82) is 0 Å². The largest absolute Gasteiger partial charge is 0.103 e. The van der Waals surface area contributed by atoms with E-state index in [1.54, 1.807) is 0 Å². The van der Waals surface area contributed by atoms with E-state index in [0.29, 0.717) is 0 Å². The molecule has 0 unspecified atom stereocenters. The van der Waals surface area contributed by atoms with Crippen LogP contribution in [0.3, 0.4) is 0 Å². The van der Waals surface area contributed by atoms with Crippen LogP contribution in [-0.4, -0.2) is 5.33 Å². The van der Waals surface area contributed by atoms with E-state index in [9.17, 15) is 0 Å². The van der Waals surface area contributed by atoms with E-state index in [1.807, 2.05) is 6.08 Å². The minimum absolute atomic E-state index is 0.972. The SMILES string of the molecule is C=CC/C(CBr)=C(/C)CCC=C(C)C. The van der Waals surface area contributed by atoms with E-state index in [-0.39, 0.29) is 0 Å². The van der Waals surface area contributed by atoms with Crippen LogP contribution in [0.15, 0.2) is 35.5 Å². The van der Waals surface area contributed by atoms with E-state index >= 15 is 0 Å². The fraction of sp³-hybridized carbons (Fsp3) is 0.538. The highest BCUT2D eigenvalue weighted by Gasteiger charge is 1.98. The molecule has 0 spiro atoms. The molecule has 0 radical (unpaired) electrons. The molecule has 0 saturated carbocycles. The quantitative estimate of drug-likeness (QED) is 0.463. The molecule has 0 fully saturated rings. The van der Waals surface area contributed by atoms with Crippen molar-refractivity contribution in [2.24, 2.45) is 0 Å².